The molecule has 39 heavy (non-hydrogen) atoms. The molecule has 0 atom stereocenters. The summed E-state index contributed by atoms with van der Waals surface area (Å²) in [6.07, 6.45) is 15.6. The Morgan fingerprint density at radius 2 is 1.05 bits per heavy atom. The maximum Gasteiger partial charge on any atom is 0.373 e. The first-order valence-corrected chi connectivity index (χ1v) is 16.3. The predicted molar refractivity (Wildman–Crippen MR) is 150 cm³/mol. The zero-order valence-corrected chi connectivity index (χ0v) is 23.3. The third-order valence-electron chi connectivity index (χ3n) is 7.31. The molecular formula is C29H32N2O6P2. The normalized spacial score (nSPS) is 30.5. The molecule has 8 nitrogen and oxygen atoms in total. The SMILES string of the molecule is O=P1(C(c2ccccc2)c2ccccc2)OCC2(CO1)COP(=O)(C(N1C=CC=CC1)N1C=CC=CC1)OC2. The molecule has 2 saturated heterocycles. The van der Waals surface area contributed by atoms with Gasteiger partial charge in [-0.3, -0.25) is 9.13 Å². The minimum Gasteiger partial charge on any atom is -0.344 e. The third kappa shape index (κ3) is 5.38. The van der Waals surface area contributed by atoms with E-state index in [1.807, 2.05) is 119 Å². The second-order valence-electron chi connectivity index (χ2n) is 10.2. The molecule has 0 radical (unpaired) electrons. The Morgan fingerprint density at radius 1 is 0.615 bits per heavy atom. The maximum atomic E-state index is 14.2. The lowest BCUT2D eigenvalue weighted by molar-refractivity contribution is -0.0754. The Labute approximate surface area is 229 Å². The molecule has 0 aliphatic carbocycles. The number of hydrogen-bond donors (Lipinski definition) is 0. The molecule has 0 N–H and O–H groups in total. The average molecular weight is 567 g/mol. The summed E-state index contributed by atoms with van der Waals surface area (Å²) in [7, 11) is -7.18. The Hall–Kier alpha value is -2.70. The van der Waals surface area contributed by atoms with E-state index in [1.54, 1.807) is 0 Å². The van der Waals surface area contributed by atoms with E-state index in [-0.39, 0.29) is 26.4 Å². The molecule has 2 fully saturated rings. The van der Waals surface area contributed by atoms with Crippen molar-refractivity contribution in [1.82, 2.24) is 9.80 Å². The van der Waals surface area contributed by atoms with Crippen LogP contribution in [0.5, 0.6) is 0 Å². The topological polar surface area (TPSA) is 77.5 Å². The van der Waals surface area contributed by atoms with Gasteiger partial charge in [0.05, 0.1) is 31.8 Å². The molecule has 0 aromatic heterocycles. The monoisotopic (exact) mass is 566 g/mol. The highest BCUT2D eigenvalue weighted by Crippen LogP contribution is 2.68. The van der Waals surface area contributed by atoms with Crippen LogP contribution in [-0.4, -0.2) is 55.2 Å². The van der Waals surface area contributed by atoms with Crippen molar-refractivity contribution in [2.75, 3.05) is 39.5 Å². The molecule has 2 aromatic carbocycles. The molecule has 204 valence electrons. The first-order valence-electron chi connectivity index (χ1n) is 13.1. The average Bonchev–Trinajstić information content (AvgIpc) is 2.99. The molecule has 0 bridgehead atoms. The van der Waals surface area contributed by atoms with Crippen LogP contribution in [0, 0.1) is 5.41 Å². The van der Waals surface area contributed by atoms with E-state index in [4.69, 9.17) is 18.1 Å². The molecule has 0 unspecified atom stereocenters. The van der Waals surface area contributed by atoms with Crippen molar-refractivity contribution in [3.05, 3.63) is 121 Å². The smallest absolute Gasteiger partial charge is 0.344 e. The van der Waals surface area contributed by atoms with Gasteiger partial charge in [-0.1, -0.05) is 85.0 Å². The van der Waals surface area contributed by atoms with Crippen molar-refractivity contribution >= 4 is 15.2 Å². The second-order valence-corrected chi connectivity index (χ2v) is 14.3. The van der Waals surface area contributed by atoms with Crippen LogP contribution >= 0.6 is 15.2 Å². The van der Waals surface area contributed by atoms with Gasteiger partial charge in [-0.15, -0.1) is 0 Å². The van der Waals surface area contributed by atoms with Gasteiger partial charge in [-0.25, -0.2) is 0 Å². The van der Waals surface area contributed by atoms with Crippen molar-refractivity contribution in [2.24, 2.45) is 5.41 Å². The molecule has 0 saturated carbocycles. The van der Waals surface area contributed by atoms with E-state index in [2.05, 4.69) is 0 Å². The zero-order valence-electron chi connectivity index (χ0n) is 21.5. The lowest BCUT2D eigenvalue weighted by atomic mass is 9.93. The van der Waals surface area contributed by atoms with E-state index in [0.29, 0.717) is 13.1 Å². The van der Waals surface area contributed by atoms with Gasteiger partial charge in [0, 0.05) is 25.5 Å². The highest BCUT2D eigenvalue weighted by atomic mass is 31.2. The van der Waals surface area contributed by atoms with Gasteiger partial charge in [-0.2, -0.15) is 0 Å². The number of benzene rings is 2. The van der Waals surface area contributed by atoms with Crippen LogP contribution in [0.2, 0.25) is 0 Å². The molecule has 1 spiro atoms. The van der Waals surface area contributed by atoms with E-state index < -0.39 is 32.2 Å². The lowest BCUT2D eigenvalue weighted by Gasteiger charge is -2.48. The fourth-order valence-electron chi connectivity index (χ4n) is 5.20. The van der Waals surface area contributed by atoms with Crippen molar-refractivity contribution in [1.29, 1.82) is 0 Å². The van der Waals surface area contributed by atoms with Gasteiger partial charge in [0.15, 0.2) is 0 Å². The molecule has 6 rings (SSSR count). The standard InChI is InChI=1S/C29H32N2O6P2/c32-38(27(25-13-5-1-6-14-25)26-15-7-2-8-16-26)34-21-29(22-35-38)23-36-39(33,37-24-29)28(30-17-9-3-10-18-30)31-19-11-4-12-20-31/h1-17,19,27-28H,18,20-24H2. The molecule has 10 heteroatoms. The van der Waals surface area contributed by atoms with Gasteiger partial charge >= 0.3 is 15.2 Å². The summed E-state index contributed by atoms with van der Waals surface area (Å²) in [5.41, 5.74) is 0.452. The van der Waals surface area contributed by atoms with Gasteiger partial charge in [-0.05, 0) is 23.3 Å². The van der Waals surface area contributed by atoms with Crippen molar-refractivity contribution in [2.45, 2.75) is 11.6 Å². The first-order chi connectivity index (χ1) is 19.0. The highest BCUT2D eigenvalue weighted by Gasteiger charge is 2.54. The van der Waals surface area contributed by atoms with Crippen LogP contribution in [0.3, 0.4) is 0 Å². The maximum absolute atomic E-state index is 14.2. The van der Waals surface area contributed by atoms with E-state index in [9.17, 15) is 9.13 Å². The molecular weight excluding hydrogens is 534 g/mol. The minimum absolute atomic E-state index is 0.114. The summed E-state index contributed by atoms with van der Waals surface area (Å²) in [6.45, 7) is 1.64. The first kappa shape index (κ1) is 26.5. The van der Waals surface area contributed by atoms with E-state index >= 15 is 0 Å². The van der Waals surface area contributed by atoms with Crippen LogP contribution in [0.1, 0.15) is 16.8 Å². The number of nitrogens with zero attached hydrogens (tertiary/aromatic N) is 2. The number of rotatable bonds is 6. The van der Waals surface area contributed by atoms with Crippen LogP contribution < -0.4 is 0 Å². The van der Waals surface area contributed by atoms with Gasteiger partial charge in [0.1, 0.15) is 5.66 Å². The lowest BCUT2D eigenvalue weighted by Crippen LogP contribution is -2.50. The van der Waals surface area contributed by atoms with E-state index in [0.717, 1.165) is 11.1 Å². The summed E-state index contributed by atoms with van der Waals surface area (Å²) in [5, 5.41) is 0. The largest absolute Gasteiger partial charge is 0.373 e. The Morgan fingerprint density at radius 3 is 1.46 bits per heavy atom. The summed E-state index contributed by atoms with van der Waals surface area (Å²) in [5.74, 6) is -0.616. The summed E-state index contributed by atoms with van der Waals surface area (Å²) in [4.78, 5) is 3.93. The van der Waals surface area contributed by atoms with Crippen LogP contribution in [0.25, 0.3) is 0 Å². The Balaban J connectivity index is 1.19. The second kappa shape index (κ2) is 11.1. The highest BCUT2D eigenvalue weighted by molar-refractivity contribution is 7.55. The summed E-state index contributed by atoms with van der Waals surface area (Å²) in [6, 6.07) is 19.3. The quantitative estimate of drug-likeness (QED) is 0.378. The van der Waals surface area contributed by atoms with E-state index in [1.165, 1.54) is 0 Å². The van der Waals surface area contributed by atoms with Crippen molar-refractivity contribution < 1.29 is 27.2 Å². The van der Waals surface area contributed by atoms with Gasteiger partial charge < -0.3 is 27.9 Å². The van der Waals surface area contributed by atoms with Crippen LogP contribution in [0.4, 0.5) is 0 Å². The molecule has 4 aliphatic heterocycles. The van der Waals surface area contributed by atoms with Gasteiger partial charge in [0.25, 0.3) is 0 Å². The zero-order chi connectivity index (χ0) is 26.8. The fraction of sp³-hybridized carbons (Fsp3) is 0.310. The predicted octanol–water partition coefficient (Wildman–Crippen LogP) is 6.30. The van der Waals surface area contributed by atoms with Crippen LogP contribution in [0.15, 0.2) is 110 Å². The molecule has 4 aliphatic rings. The molecule has 4 heterocycles. The third-order valence-corrected chi connectivity index (χ3v) is 11.7. The fourth-order valence-corrected chi connectivity index (χ4v) is 9.88. The van der Waals surface area contributed by atoms with Gasteiger partial charge in [0.2, 0.25) is 5.91 Å². The summed E-state index contributed by atoms with van der Waals surface area (Å²) >= 11 is 0. The summed E-state index contributed by atoms with van der Waals surface area (Å²) < 4.78 is 52.8. The number of allylic oxidation sites excluding steroid dienone is 4. The minimum atomic E-state index is -3.60. The van der Waals surface area contributed by atoms with Crippen molar-refractivity contribution in [3.63, 3.8) is 0 Å². The van der Waals surface area contributed by atoms with Crippen molar-refractivity contribution in [3.8, 4) is 0 Å². The molecule has 2 aromatic rings. The number of hydrogen-bond acceptors (Lipinski definition) is 8. The van der Waals surface area contributed by atoms with Crippen LogP contribution in [-0.2, 0) is 27.2 Å². The Bertz CT molecular complexity index is 1280. The molecule has 0 amide bonds. The Kier molecular flexibility index (Phi) is 7.52.